The number of hydrogen-bond acceptors (Lipinski definition) is 3. The second kappa shape index (κ2) is 4.79. The van der Waals surface area contributed by atoms with E-state index in [4.69, 9.17) is 14.3 Å². The Morgan fingerprint density at radius 2 is 1.17 bits per heavy atom. The Kier molecular flexibility index (Phi) is 3.06. The molecule has 2 aromatic carbocycles. The molecule has 23 heavy (non-hydrogen) atoms. The molecule has 0 unspecified atom stereocenters. The molecule has 3 aromatic rings. The number of hydrogen-bond donors (Lipinski definition) is 0. The molecule has 116 valence electrons. The highest BCUT2D eigenvalue weighted by atomic mass is 16.7. The summed E-state index contributed by atoms with van der Waals surface area (Å²) >= 11 is 0. The summed E-state index contributed by atoms with van der Waals surface area (Å²) in [5.41, 5.74) is 2.29. The van der Waals surface area contributed by atoms with Gasteiger partial charge in [0.05, 0.1) is 22.2 Å². The van der Waals surface area contributed by atoms with Gasteiger partial charge < -0.3 is 9.31 Å². The maximum Gasteiger partial charge on any atom is 0.496 e. The van der Waals surface area contributed by atoms with Crippen molar-refractivity contribution in [2.75, 3.05) is 0 Å². The third kappa shape index (κ3) is 2.17. The van der Waals surface area contributed by atoms with Crippen molar-refractivity contribution in [2.45, 2.75) is 38.9 Å². The zero-order chi connectivity index (χ0) is 16.2. The first kappa shape index (κ1) is 14.7. The zero-order valence-corrected chi connectivity index (χ0v) is 14.0. The Hall–Kier alpha value is -1.91. The van der Waals surface area contributed by atoms with E-state index in [9.17, 15) is 0 Å². The molecule has 4 rings (SSSR count). The fourth-order valence-corrected chi connectivity index (χ4v) is 3.09. The summed E-state index contributed by atoms with van der Waals surface area (Å²) in [6, 6.07) is 16.4. The topological polar surface area (TPSA) is 31.4 Å². The number of fused-ring (bicyclic) bond motifs is 2. The van der Waals surface area contributed by atoms with Crippen molar-refractivity contribution in [1.82, 2.24) is 4.98 Å². The summed E-state index contributed by atoms with van der Waals surface area (Å²) in [4.78, 5) is 4.77. The summed E-state index contributed by atoms with van der Waals surface area (Å²) in [7, 11) is -0.391. The van der Waals surface area contributed by atoms with E-state index in [0.29, 0.717) is 0 Å². The van der Waals surface area contributed by atoms with Crippen LogP contribution in [0, 0.1) is 0 Å². The molecule has 1 aliphatic rings. The van der Waals surface area contributed by atoms with Gasteiger partial charge in [0.25, 0.3) is 0 Å². The Morgan fingerprint density at radius 1 is 0.739 bits per heavy atom. The Bertz CT molecular complexity index is 834. The molecule has 3 nitrogen and oxygen atoms in total. The number of nitrogens with zero attached hydrogens (tertiary/aromatic N) is 1. The van der Waals surface area contributed by atoms with Crippen LogP contribution in [0.2, 0.25) is 0 Å². The molecule has 1 saturated heterocycles. The van der Waals surface area contributed by atoms with Crippen LogP contribution >= 0.6 is 0 Å². The third-order valence-electron chi connectivity index (χ3n) is 5.12. The van der Waals surface area contributed by atoms with E-state index < -0.39 is 7.12 Å². The lowest BCUT2D eigenvalue weighted by Gasteiger charge is -2.32. The van der Waals surface area contributed by atoms with Gasteiger partial charge in [-0.05, 0) is 39.8 Å². The zero-order valence-electron chi connectivity index (χ0n) is 14.0. The molecule has 0 atom stereocenters. The fraction of sp³-hybridized carbons (Fsp3) is 0.316. The van der Waals surface area contributed by atoms with Gasteiger partial charge in [-0.1, -0.05) is 36.4 Å². The third-order valence-corrected chi connectivity index (χ3v) is 5.12. The second-order valence-corrected chi connectivity index (χ2v) is 7.15. The summed E-state index contributed by atoms with van der Waals surface area (Å²) in [5, 5.41) is 2.18. The van der Waals surface area contributed by atoms with Crippen LogP contribution in [0.3, 0.4) is 0 Å². The lowest BCUT2D eigenvalue weighted by atomic mass is 9.74. The predicted octanol–water partition coefficient (Wildman–Crippen LogP) is 3.69. The number of para-hydroxylation sites is 2. The highest BCUT2D eigenvalue weighted by molar-refractivity contribution is 6.68. The maximum atomic E-state index is 6.32. The van der Waals surface area contributed by atoms with Crippen LogP contribution < -0.4 is 5.46 Å². The van der Waals surface area contributed by atoms with Crippen molar-refractivity contribution in [3.05, 3.63) is 48.5 Å². The molecule has 0 aliphatic carbocycles. The van der Waals surface area contributed by atoms with Gasteiger partial charge in [-0.3, -0.25) is 0 Å². The lowest BCUT2D eigenvalue weighted by molar-refractivity contribution is 0.00578. The van der Waals surface area contributed by atoms with E-state index in [0.717, 1.165) is 27.3 Å². The molecule has 1 fully saturated rings. The van der Waals surface area contributed by atoms with Crippen molar-refractivity contribution in [3.8, 4) is 0 Å². The van der Waals surface area contributed by atoms with E-state index in [1.807, 2.05) is 36.4 Å². The van der Waals surface area contributed by atoms with Crippen molar-refractivity contribution >= 4 is 34.4 Å². The molecular weight excluding hydrogens is 285 g/mol. The molecule has 0 spiro atoms. The molecule has 0 bridgehead atoms. The molecular formula is C19H20BNO2. The van der Waals surface area contributed by atoms with E-state index >= 15 is 0 Å². The molecule has 0 amide bonds. The molecule has 0 radical (unpaired) electrons. The van der Waals surface area contributed by atoms with E-state index in [2.05, 4.69) is 39.8 Å². The molecule has 4 heteroatoms. The summed E-state index contributed by atoms with van der Waals surface area (Å²) in [6.45, 7) is 8.33. The second-order valence-electron chi connectivity index (χ2n) is 7.15. The monoisotopic (exact) mass is 305 g/mol. The quantitative estimate of drug-likeness (QED) is 0.507. The number of benzene rings is 2. The molecule has 0 N–H and O–H groups in total. The minimum absolute atomic E-state index is 0.358. The first-order valence-corrected chi connectivity index (χ1v) is 8.02. The summed E-state index contributed by atoms with van der Waals surface area (Å²) in [5.74, 6) is 0. The van der Waals surface area contributed by atoms with E-state index in [-0.39, 0.29) is 11.2 Å². The molecule has 2 heterocycles. The normalized spacial score (nSPS) is 19.6. The van der Waals surface area contributed by atoms with Crippen molar-refractivity contribution in [2.24, 2.45) is 0 Å². The molecule has 1 aromatic heterocycles. The highest BCUT2D eigenvalue weighted by Gasteiger charge is 2.52. The van der Waals surface area contributed by atoms with Crippen molar-refractivity contribution in [3.63, 3.8) is 0 Å². The molecule has 1 aliphatic heterocycles. The fourth-order valence-electron chi connectivity index (χ4n) is 3.09. The van der Waals surface area contributed by atoms with Gasteiger partial charge in [0.2, 0.25) is 0 Å². The number of pyridine rings is 1. The summed E-state index contributed by atoms with van der Waals surface area (Å²) < 4.78 is 12.6. The van der Waals surface area contributed by atoms with Gasteiger partial charge in [-0.2, -0.15) is 0 Å². The average Bonchev–Trinajstić information content (AvgIpc) is 2.72. The van der Waals surface area contributed by atoms with Crippen molar-refractivity contribution in [1.29, 1.82) is 0 Å². The first-order chi connectivity index (χ1) is 10.9. The van der Waals surface area contributed by atoms with Crippen molar-refractivity contribution < 1.29 is 9.31 Å². The minimum Gasteiger partial charge on any atom is -0.399 e. The Labute approximate surface area is 136 Å². The van der Waals surface area contributed by atoms with Gasteiger partial charge in [-0.15, -0.1) is 0 Å². The standard InChI is InChI=1S/C19H20BNO2/c1-18(2)19(3,4)23-20(22-18)17-13-9-5-7-11-15(13)21-16-12-8-6-10-14(16)17/h5-12H,1-4H3. The van der Waals surface area contributed by atoms with Crippen LogP contribution in [-0.4, -0.2) is 23.3 Å². The largest absolute Gasteiger partial charge is 0.496 e. The number of rotatable bonds is 1. The predicted molar refractivity (Wildman–Crippen MR) is 95.0 cm³/mol. The van der Waals surface area contributed by atoms with E-state index in [1.54, 1.807) is 0 Å². The van der Waals surface area contributed by atoms with Gasteiger partial charge in [0.1, 0.15) is 0 Å². The Balaban J connectivity index is 2.01. The highest BCUT2D eigenvalue weighted by Crippen LogP contribution is 2.37. The van der Waals surface area contributed by atoms with Crippen LogP contribution in [0.25, 0.3) is 21.8 Å². The van der Waals surface area contributed by atoms with Crippen LogP contribution in [0.4, 0.5) is 0 Å². The SMILES string of the molecule is CC1(C)OB(c2c3ccccc3nc3ccccc23)OC1(C)C. The molecule has 0 saturated carbocycles. The smallest absolute Gasteiger partial charge is 0.399 e. The number of aromatic nitrogens is 1. The van der Waals surface area contributed by atoms with Crippen LogP contribution in [0.5, 0.6) is 0 Å². The van der Waals surface area contributed by atoms with Gasteiger partial charge >= 0.3 is 7.12 Å². The Morgan fingerprint density at radius 3 is 1.65 bits per heavy atom. The summed E-state index contributed by atoms with van der Waals surface area (Å²) in [6.07, 6.45) is 0. The van der Waals surface area contributed by atoms with E-state index in [1.165, 1.54) is 0 Å². The first-order valence-electron chi connectivity index (χ1n) is 8.02. The van der Waals surface area contributed by atoms with Gasteiger partial charge in [-0.25, -0.2) is 4.98 Å². The lowest BCUT2D eigenvalue weighted by Crippen LogP contribution is -2.41. The van der Waals surface area contributed by atoms with Crippen LogP contribution in [0.1, 0.15) is 27.7 Å². The van der Waals surface area contributed by atoms with Gasteiger partial charge in [0, 0.05) is 16.2 Å². The van der Waals surface area contributed by atoms with Crippen LogP contribution in [0.15, 0.2) is 48.5 Å². The van der Waals surface area contributed by atoms with Crippen LogP contribution in [-0.2, 0) is 9.31 Å². The minimum atomic E-state index is -0.391. The van der Waals surface area contributed by atoms with Gasteiger partial charge in [0.15, 0.2) is 0 Å². The maximum absolute atomic E-state index is 6.32. The average molecular weight is 305 g/mol.